The Morgan fingerprint density at radius 1 is 1.40 bits per heavy atom. The third-order valence-electron chi connectivity index (χ3n) is 3.10. The minimum Gasteiger partial charge on any atom is -0.477 e. The molecule has 2 rings (SSSR count). The predicted octanol–water partition coefficient (Wildman–Crippen LogP) is 2.83. The molecular formula is C14H16BrN3O2. The highest BCUT2D eigenvalue weighted by Gasteiger charge is 2.22. The Balaban J connectivity index is 2.31. The van der Waals surface area contributed by atoms with E-state index in [1.165, 1.54) is 0 Å². The number of nitrogens with zero attached hydrogens (tertiary/aromatic N) is 3. The van der Waals surface area contributed by atoms with Crippen LogP contribution >= 0.6 is 15.9 Å². The van der Waals surface area contributed by atoms with E-state index in [0.717, 1.165) is 10.0 Å². The van der Waals surface area contributed by atoms with Gasteiger partial charge in [-0.15, -0.1) is 0 Å². The average molecular weight is 338 g/mol. The average Bonchev–Trinajstić information content (AvgIpc) is 2.67. The van der Waals surface area contributed by atoms with E-state index in [2.05, 4.69) is 21.0 Å². The van der Waals surface area contributed by atoms with Crippen molar-refractivity contribution in [3.05, 3.63) is 45.6 Å². The summed E-state index contributed by atoms with van der Waals surface area (Å²) >= 11 is 3.40. The Kier molecular flexibility index (Phi) is 4.13. The number of carbonyl (C=O) groups is 1. The van der Waals surface area contributed by atoms with Gasteiger partial charge in [0.2, 0.25) is 0 Å². The van der Waals surface area contributed by atoms with E-state index >= 15 is 0 Å². The van der Waals surface area contributed by atoms with Crippen LogP contribution in [0.4, 0.5) is 5.82 Å². The molecule has 6 heteroatoms. The maximum absolute atomic E-state index is 11.4. The molecule has 0 aliphatic heterocycles. The highest BCUT2D eigenvalue weighted by atomic mass is 79.9. The van der Waals surface area contributed by atoms with E-state index in [-0.39, 0.29) is 5.56 Å². The number of aryl methyl sites for hydroxylation is 2. The predicted molar refractivity (Wildman–Crippen MR) is 81.2 cm³/mol. The molecule has 0 radical (unpaired) electrons. The monoisotopic (exact) mass is 337 g/mol. The summed E-state index contributed by atoms with van der Waals surface area (Å²) in [7, 11) is 3.62. The summed E-state index contributed by atoms with van der Waals surface area (Å²) in [5.41, 5.74) is 1.88. The lowest BCUT2D eigenvalue weighted by molar-refractivity contribution is 0.0696. The summed E-state index contributed by atoms with van der Waals surface area (Å²) in [5, 5.41) is 13.5. The number of rotatable bonds is 4. The summed E-state index contributed by atoms with van der Waals surface area (Å²) < 4.78 is 2.63. The quantitative estimate of drug-likeness (QED) is 0.931. The summed E-state index contributed by atoms with van der Waals surface area (Å²) in [6, 6.07) is 7.94. The van der Waals surface area contributed by atoms with Crippen LogP contribution in [0, 0.1) is 6.92 Å². The van der Waals surface area contributed by atoms with Crippen molar-refractivity contribution in [3.63, 3.8) is 0 Å². The van der Waals surface area contributed by atoms with Gasteiger partial charge < -0.3 is 10.0 Å². The number of hydrogen-bond donors (Lipinski definition) is 1. The van der Waals surface area contributed by atoms with Gasteiger partial charge in [-0.1, -0.05) is 28.1 Å². The summed E-state index contributed by atoms with van der Waals surface area (Å²) in [5.74, 6) is -0.342. The minimum atomic E-state index is -0.951. The van der Waals surface area contributed by atoms with E-state index in [4.69, 9.17) is 0 Å². The maximum atomic E-state index is 11.4. The lowest BCUT2D eigenvalue weighted by atomic mass is 10.2. The molecule has 1 N–H and O–H groups in total. The van der Waals surface area contributed by atoms with Gasteiger partial charge in [-0.25, -0.2) is 4.79 Å². The van der Waals surface area contributed by atoms with Crippen LogP contribution in [0.5, 0.6) is 0 Å². The molecule has 0 unspecified atom stereocenters. The highest BCUT2D eigenvalue weighted by Crippen LogP contribution is 2.24. The van der Waals surface area contributed by atoms with Gasteiger partial charge in [0.15, 0.2) is 0 Å². The molecule has 106 valence electrons. The fourth-order valence-corrected chi connectivity index (χ4v) is 2.54. The molecule has 0 bridgehead atoms. The van der Waals surface area contributed by atoms with Gasteiger partial charge in [0.05, 0.1) is 5.69 Å². The second-order valence-corrected chi connectivity index (χ2v) is 5.61. The van der Waals surface area contributed by atoms with Crippen LogP contribution in [0.2, 0.25) is 0 Å². The molecule has 0 aliphatic carbocycles. The molecular weight excluding hydrogens is 322 g/mol. The molecule has 0 saturated heterocycles. The van der Waals surface area contributed by atoms with Crippen molar-refractivity contribution in [3.8, 4) is 0 Å². The fourth-order valence-electron chi connectivity index (χ4n) is 2.27. The van der Waals surface area contributed by atoms with Crippen molar-refractivity contribution in [1.82, 2.24) is 9.78 Å². The number of anilines is 1. The lowest BCUT2D eigenvalue weighted by Crippen LogP contribution is -2.21. The van der Waals surface area contributed by atoms with Crippen molar-refractivity contribution in [2.24, 2.45) is 7.05 Å². The maximum Gasteiger partial charge on any atom is 0.341 e. The molecule has 1 aromatic carbocycles. The molecule has 20 heavy (non-hydrogen) atoms. The summed E-state index contributed by atoms with van der Waals surface area (Å²) in [4.78, 5) is 13.3. The van der Waals surface area contributed by atoms with Crippen molar-refractivity contribution in [2.75, 3.05) is 11.9 Å². The topological polar surface area (TPSA) is 58.4 Å². The molecule has 0 fully saturated rings. The zero-order valence-electron chi connectivity index (χ0n) is 11.6. The Bertz CT molecular complexity index is 635. The molecule has 2 aromatic rings. The number of hydrogen-bond acceptors (Lipinski definition) is 3. The number of carboxylic acid groups (broad SMARTS) is 1. The van der Waals surface area contributed by atoms with Crippen LogP contribution in [0.3, 0.4) is 0 Å². The Morgan fingerprint density at radius 2 is 2.00 bits per heavy atom. The SMILES string of the molecule is Cc1nn(C)c(N(C)Cc2ccc(Br)cc2)c1C(=O)O. The van der Waals surface area contributed by atoms with Crippen LogP contribution in [0.25, 0.3) is 0 Å². The van der Waals surface area contributed by atoms with Gasteiger partial charge in [0.1, 0.15) is 11.4 Å². The van der Waals surface area contributed by atoms with Crippen molar-refractivity contribution >= 4 is 27.7 Å². The first kappa shape index (κ1) is 14.6. The van der Waals surface area contributed by atoms with E-state index in [0.29, 0.717) is 18.1 Å². The number of aromatic carboxylic acids is 1. The van der Waals surface area contributed by atoms with E-state index in [9.17, 15) is 9.90 Å². The van der Waals surface area contributed by atoms with Crippen LogP contribution in [0.15, 0.2) is 28.7 Å². The molecule has 5 nitrogen and oxygen atoms in total. The smallest absolute Gasteiger partial charge is 0.341 e. The van der Waals surface area contributed by atoms with Crippen molar-refractivity contribution in [2.45, 2.75) is 13.5 Å². The van der Waals surface area contributed by atoms with Crippen LogP contribution in [0.1, 0.15) is 21.6 Å². The first-order valence-electron chi connectivity index (χ1n) is 6.12. The summed E-state index contributed by atoms with van der Waals surface area (Å²) in [6.45, 7) is 2.33. The van der Waals surface area contributed by atoms with Gasteiger partial charge in [-0.05, 0) is 24.6 Å². The Morgan fingerprint density at radius 3 is 2.55 bits per heavy atom. The third kappa shape index (κ3) is 2.85. The van der Waals surface area contributed by atoms with Gasteiger partial charge >= 0.3 is 5.97 Å². The third-order valence-corrected chi connectivity index (χ3v) is 3.63. The normalized spacial score (nSPS) is 10.6. The standard InChI is InChI=1S/C14H16BrN3O2/c1-9-12(14(19)20)13(18(3)16-9)17(2)8-10-4-6-11(15)7-5-10/h4-7H,8H2,1-3H3,(H,19,20). The second-order valence-electron chi connectivity index (χ2n) is 4.70. The lowest BCUT2D eigenvalue weighted by Gasteiger charge is -2.20. The molecule has 0 amide bonds. The molecule has 0 atom stereocenters. The molecule has 1 aromatic heterocycles. The van der Waals surface area contributed by atoms with Crippen LogP contribution in [-0.4, -0.2) is 27.9 Å². The molecule has 1 heterocycles. The van der Waals surface area contributed by atoms with Gasteiger partial charge in [-0.3, -0.25) is 4.68 Å². The largest absolute Gasteiger partial charge is 0.477 e. The summed E-state index contributed by atoms with van der Waals surface area (Å²) in [6.07, 6.45) is 0. The van der Waals surface area contributed by atoms with Crippen molar-refractivity contribution in [1.29, 1.82) is 0 Å². The molecule has 0 saturated carbocycles. The Hall–Kier alpha value is -1.82. The minimum absolute atomic E-state index is 0.257. The van der Waals surface area contributed by atoms with Crippen molar-refractivity contribution < 1.29 is 9.90 Å². The Labute approximate surface area is 126 Å². The second kappa shape index (κ2) is 5.66. The number of halogens is 1. The van der Waals surface area contributed by atoms with Crippen LogP contribution < -0.4 is 4.90 Å². The van der Waals surface area contributed by atoms with E-state index in [1.54, 1.807) is 18.7 Å². The number of aromatic nitrogens is 2. The van der Waals surface area contributed by atoms with Gasteiger partial charge in [0, 0.05) is 25.1 Å². The van der Waals surface area contributed by atoms with Gasteiger partial charge in [0.25, 0.3) is 0 Å². The first-order chi connectivity index (χ1) is 9.40. The molecule has 0 spiro atoms. The first-order valence-corrected chi connectivity index (χ1v) is 6.92. The molecule has 0 aliphatic rings. The van der Waals surface area contributed by atoms with Gasteiger partial charge in [-0.2, -0.15) is 5.10 Å². The number of benzene rings is 1. The fraction of sp³-hybridized carbons (Fsp3) is 0.286. The zero-order chi connectivity index (χ0) is 14.9. The number of carboxylic acids is 1. The highest BCUT2D eigenvalue weighted by molar-refractivity contribution is 9.10. The van der Waals surface area contributed by atoms with E-state index < -0.39 is 5.97 Å². The van der Waals surface area contributed by atoms with E-state index in [1.807, 2.05) is 36.2 Å². The zero-order valence-corrected chi connectivity index (χ0v) is 13.2. The van der Waals surface area contributed by atoms with Crippen LogP contribution in [-0.2, 0) is 13.6 Å².